The van der Waals surface area contributed by atoms with Crippen LogP contribution in [0.5, 0.6) is 5.75 Å². The van der Waals surface area contributed by atoms with E-state index in [1.807, 2.05) is 17.5 Å². The summed E-state index contributed by atoms with van der Waals surface area (Å²) < 4.78 is 5.45. The number of carbonyl (C=O) groups is 1. The molecular formula is C16H18ClNO2S. The van der Waals surface area contributed by atoms with Gasteiger partial charge in [-0.25, -0.2) is 0 Å². The van der Waals surface area contributed by atoms with Gasteiger partial charge in [0.2, 0.25) is 0 Å². The molecule has 0 aliphatic rings. The first-order chi connectivity index (χ1) is 10.1. The quantitative estimate of drug-likeness (QED) is 0.861. The third kappa shape index (κ3) is 4.76. The van der Waals surface area contributed by atoms with Gasteiger partial charge in [0.15, 0.2) is 6.61 Å². The molecule has 0 aliphatic carbocycles. The summed E-state index contributed by atoms with van der Waals surface area (Å²) in [5.41, 5.74) is 0. The molecule has 0 spiro atoms. The molecule has 0 radical (unpaired) electrons. The number of amides is 1. The summed E-state index contributed by atoms with van der Waals surface area (Å²) in [5.74, 6) is 0.774. The topological polar surface area (TPSA) is 38.3 Å². The lowest BCUT2D eigenvalue weighted by Gasteiger charge is -2.21. The summed E-state index contributed by atoms with van der Waals surface area (Å²) in [4.78, 5) is 13.2. The molecule has 0 saturated carbocycles. The zero-order valence-corrected chi connectivity index (χ0v) is 13.6. The standard InChI is InChI=1S/C16H18ClNO2S/c1-11(2)16(14-7-4-8-21-14)18-15(19)10-20-13-6-3-5-12(17)9-13/h3-9,11,16H,10H2,1-2H3,(H,18,19). The highest BCUT2D eigenvalue weighted by Gasteiger charge is 2.19. The van der Waals surface area contributed by atoms with Gasteiger partial charge in [-0.2, -0.15) is 0 Å². The van der Waals surface area contributed by atoms with Crippen LogP contribution in [0.4, 0.5) is 0 Å². The Morgan fingerprint density at radius 2 is 2.14 bits per heavy atom. The van der Waals surface area contributed by atoms with Crippen LogP contribution in [0.2, 0.25) is 5.02 Å². The first-order valence-corrected chi connectivity index (χ1v) is 8.03. The predicted molar refractivity (Wildman–Crippen MR) is 87.0 cm³/mol. The van der Waals surface area contributed by atoms with E-state index in [2.05, 4.69) is 19.2 Å². The number of rotatable bonds is 6. The van der Waals surface area contributed by atoms with E-state index >= 15 is 0 Å². The minimum atomic E-state index is -0.137. The number of nitrogens with one attached hydrogen (secondary N) is 1. The Morgan fingerprint density at radius 1 is 1.33 bits per heavy atom. The van der Waals surface area contributed by atoms with Gasteiger partial charge in [-0.1, -0.05) is 37.6 Å². The third-order valence-electron chi connectivity index (χ3n) is 3.00. The molecule has 21 heavy (non-hydrogen) atoms. The summed E-state index contributed by atoms with van der Waals surface area (Å²) in [6.45, 7) is 4.15. The molecule has 3 nitrogen and oxygen atoms in total. The first-order valence-electron chi connectivity index (χ1n) is 6.77. The molecule has 1 heterocycles. The summed E-state index contributed by atoms with van der Waals surface area (Å²) in [7, 11) is 0. The number of thiophene rings is 1. The van der Waals surface area contributed by atoms with Crippen LogP contribution in [0, 0.1) is 5.92 Å². The number of hydrogen-bond acceptors (Lipinski definition) is 3. The molecule has 1 aromatic carbocycles. The largest absolute Gasteiger partial charge is 0.484 e. The summed E-state index contributed by atoms with van der Waals surface area (Å²) >= 11 is 7.52. The maximum atomic E-state index is 12.0. The SMILES string of the molecule is CC(C)C(NC(=O)COc1cccc(Cl)c1)c1cccs1. The Labute approximate surface area is 133 Å². The molecule has 1 N–H and O–H groups in total. The number of halogens is 1. The van der Waals surface area contributed by atoms with Crippen molar-refractivity contribution in [1.82, 2.24) is 5.32 Å². The molecule has 1 unspecified atom stereocenters. The van der Waals surface area contributed by atoms with Gasteiger partial charge in [-0.15, -0.1) is 11.3 Å². The van der Waals surface area contributed by atoms with Gasteiger partial charge in [0.25, 0.3) is 5.91 Å². The summed E-state index contributed by atoms with van der Waals surface area (Å²) in [6, 6.07) is 11.1. The minimum absolute atomic E-state index is 0.0143. The number of benzene rings is 1. The Balaban J connectivity index is 1.91. The average molecular weight is 324 g/mol. The van der Waals surface area contributed by atoms with Gasteiger partial charge in [-0.05, 0) is 35.6 Å². The number of carbonyl (C=O) groups excluding carboxylic acids is 1. The van der Waals surface area contributed by atoms with Crippen molar-refractivity contribution in [2.45, 2.75) is 19.9 Å². The molecule has 0 bridgehead atoms. The van der Waals surface area contributed by atoms with E-state index in [4.69, 9.17) is 16.3 Å². The maximum absolute atomic E-state index is 12.0. The molecule has 0 aliphatic heterocycles. The van der Waals surface area contributed by atoms with Crippen molar-refractivity contribution in [3.63, 3.8) is 0 Å². The first kappa shape index (κ1) is 15.9. The van der Waals surface area contributed by atoms with E-state index in [1.54, 1.807) is 35.6 Å². The molecule has 1 aromatic heterocycles. The fourth-order valence-electron chi connectivity index (χ4n) is 1.96. The predicted octanol–water partition coefficient (Wildman–Crippen LogP) is 4.29. The molecule has 5 heteroatoms. The molecule has 2 rings (SSSR count). The highest BCUT2D eigenvalue weighted by atomic mass is 35.5. The van der Waals surface area contributed by atoms with E-state index < -0.39 is 0 Å². The average Bonchev–Trinajstić information content (AvgIpc) is 2.96. The summed E-state index contributed by atoms with van der Waals surface area (Å²) in [6.07, 6.45) is 0. The van der Waals surface area contributed by atoms with Crippen LogP contribution in [0.15, 0.2) is 41.8 Å². The lowest BCUT2D eigenvalue weighted by molar-refractivity contribution is -0.124. The van der Waals surface area contributed by atoms with Crippen LogP contribution in [0.25, 0.3) is 0 Å². The highest BCUT2D eigenvalue weighted by Crippen LogP contribution is 2.25. The van der Waals surface area contributed by atoms with Gasteiger partial charge >= 0.3 is 0 Å². The molecule has 1 atom stereocenters. The van der Waals surface area contributed by atoms with Crippen molar-refractivity contribution >= 4 is 28.8 Å². The summed E-state index contributed by atoms with van der Waals surface area (Å²) in [5, 5.41) is 5.62. The van der Waals surface area contributed by atoms with Crippen molar-refractivity contribution in [1.29, 1.82) is 0 Å². The van der Waals surface area contributed by atoms with E-state index in [0.717, 1.165) is 4.88 Å². The minimum Gasteiger partial charge on any atom is -0.484 e. The van der Waals surface area contributed by atoms with Crippen molar-refractivity contribution < 1.29 is 9.53 Å². The zero-order valence-electron chi connectivity index (χ0n) is 12.0. The molecule has 1 amide bonds. The number of hydrogen-bond donors (Lipinski definition) is 1. The fraction of sp³-hybridized carbons (Fsp3) is 0.312. The van der Waals surface area contributed by atoms with Crippen LogP contribution in [-0.2, 0) is 4.79 Å². The van der Waals surface area contributed by atoms with E-state index in [0.29, 0.717) is 16.7 Å². The monoisotopic (exact) mass is 323 g/mol. The van der Waals surface area contributed by atoms with Crippen molar-refractivity contribution in [2.24, 2.45) is 5.92 Å². The van der Waals surface area contributed by atoms with Crippen LogP contribution < -0.4 is 10.1 Å². The smallest absolute Gasteiger partial charge is 0.258 e. The lowest BCUT2D eigenvalue weighted by Crippen LogP contribution is -2.34. The van der Waals surface area contributed by atoms with Gasteiger partial charge in [-0.3, -0.25) is 4.79 Å². The second kappa shape index (κ2) is 7.48. The van der Waals surface area contributed by atoms with Crippen LogP contribution in [-0.4, -0.2) is 12.5 Å². The maximum Gasteiger partial charge on any atom is 0.258 e. The van der Waals surface area contributed by atoms with Crippen LogP contribution >= 0.6 is 22.9 Å². The second-order valence-corrected chi connectivity index (χ2v) is 6.47. The van der Waals surface area contributed by atoms with E-state index in [-0.39, 0.29) is 18.6 Å². The second-order valence-electron chi connectivity index (χ2n) is 5.05. The molecule has 2 aromatic rings. The molecule has 0 fully saturated rings. The Hall–Kier alpha value is -1.52. The Bertz CT molecular complexity index is 584. The van der Waals surface area contributed by atoms with Gasteiger partial charge in [0.05, 0.1) is 6.04 Å². The lowest BCUT2D eigenvalue weighted by atomic mass is 10.0. The van der Waals surface area contributed by atoms with Gasteiger partial charge in [0, 0.05) is 9.90 Å². The van der Waals surface area contributed by atoms with E-state index in [1.165, 1.54) is 0 Å². The van der Waals surface area contributed by atoms with Crippen molar-refractivity contribution in [3.05, 3.63) is 51.7 Å². The normalized spacial score (nSPS) is 12.2. The van der Waals surface area contributed by atoms with E-state index in [9.17, 15) is 4.79 Å². The van der Waals surface area contributed by atoms with Crippen molar-refractivity contribution in [2.75, 3.05) is 6.61 Å². The Kier molecular flexibility index (Phi) is 5.65. The molecular weight excluding hydrogens is 306 g/mol. The van der Waals surface area contributed by atoms with Crippen LogP contribution in [0.3, 0.4) is 0 Å². The van der Waals surface area contributed by atoms with Gasteiger partial charge < -0.3 is 10.1 Å². The fourth-order valence-corrected chi connectivity index (χ4v) is 3.08. The Morgan fingerprint density at radius 3 is 2.76 bits per heavy atom. The molecule has 112 valence electrons. The van der Waals surface area contributed by atoms with Crippen LogP contribution in [0.1, 0.15) is 24.8 Å². The third-order valence-corrected chi connectivity index (χ3v) is 4.19. The molecule has 0 saturated heterocycles. The van der Waals surface area contributed by atoms with Crippen molar-refractivity contribution in [3.8, 4) is 5.75 Å². The number of ether oxygens (including phenoxy) is 1. The van der Waals surface area contributed by atoms with Gasteiger partial charge in [0.1, 0.15) is 5.75 Å². The zero-order chi connectivity index (χ0) is 15.2. The highest BCUT2D eigenvalue weighted by molar-refractivity contribution is 7.10.